The van der Waals surface area contributed by atoms with Crippen LogP contribution in [0.3, 0.4) is 0 Å². The molecule has 1 atom stereocenters. The fourth-order valence-electron chi connectivity index (χ4n) is 2.21. The van der Waals surface area contributed by atoms with Gasteiger partial charge in [-0.05, 0) is 19.4 Å². The van der Waals surface area contributed by atoms with Crippen LogP contribution in [0.1, 0.15) is 42.4 Å². The number of hydrogen-bond donors (Lipinski definition) is 0. The van der Waals surface area contributed by atoms with E-state index in [2.05, 4.69) is 29.0 Å². The van der Waals surface area contributed by atoms with Crippen LogP contribution < -0.4 is 0 Å². The van der Waals surface area contributed by atoms with Crippen molar-refractivity contribution in [3.05, 3.63) is 48.3 Å². The van der Waals surface area contributed by atoms with Crippen LogP contribution >= 0.6 is 0 Å². The van der Waals surface area contributed by atoms with E-state index in [0.29, 0.717) is 11.6 Å². The zero-order valence-electron chi connectivity index (χ0n) is 12.1. The molecule has 3 aromatic heterocycles. The Morgan fingerprint density at radius 3 is 3.00 bits per heavy atom. The molecule has 0 aromatic carbocycles. The second-order valence-corrected chi connectivity index (χ2v) is 5.11. The van der Waals surface area contributed by atoms with Gasteiger partial charge in [0.25, 0.3) is 0 Å². The van der Waals surface area contributed by atoms with Crippen LogP contribution in [0.25, 0.3) is 5.52 Å². The van der Waals surface area contributed by atoms with Crippen LogP contribution in [0, 0.1) is 0 Å². The number of Topliss-reactive ketones (excluding diaryl/α,β-unsaturated/α-hetero) is 1. The van der Waals surface area contributed by atoms with Gasteiger partial charge < -0.3 is 0 Å². The summed E-state index contributed by atoms with van der Waals surface area (Å²) in [6, 6.07) is 2.24. The molecule has 3 heterocycles. The fraction of sp³-hybridized carbons (Fsp3) is 0.333. The minimum Gasteiger partial charge on any atom is -0.294 e. The topological polar surface area (TPSA) is 65.1 Å². The van der Waals surface area contributed by atoms with Gasteiger partial charge in [-0.25, -0.2) is 4.52 Å². The molecule has 0 spiro atoms. The zero-order chi connectivity index (χ0) is 14.8. The first-order valence-electron chi connectivity index (χ1n) is 7.03. The molecule has 0 amide bonds. The molecule has 0 fully saturated rings. The Balaban J connectivity index is 1.81. The largest absolute Gasteiger partial charge is 0.294 e. The highest BCUT2D eigenvalue weighted by atomic mass is 16.1. The number of rotatable bonds is 5. The summed E-state index contributed by atoms with van der Waals surface area (Å²) >= 11 is 0. The maximum atomic E-state index is 12.4. The number of nitrogens with zero attached hydrogens (tertiary/aromatic N) is 5. The van der Waals surface area contributed by atoms with Gasteiger partial charge in [0.1, 0.15) is 0 Å². The molecule has 21 heavy (non-hydrogen) atoms. The molecule has 0 saturated heterocycles. The van der Waals surface area contributed by atoms with E-state index in [1.807, 2.05) is 16.9 Å². The van der Waals surface area contributed by atoms with Crippen molar-refractivity contribution < 1.29 is 4.79 Å². The van der Waals surface area contributed by atoms with Gasteiger partial charge in [0.05, 0.1) is 35.6 Å². The number of aromatic nitrogens is 5. The highest BCUT2D eigenvalue weighted by Gasteiger charge is 2.15. The van der Waals surface area contributed by atoms with Gasteiger partial charge >= 0.3 is 0 Å². The number of hydrogen-bond acceptors (Lipinski definition) is 4. The van der Waals surface area contributed by atoms with Crippen molar-refractivity contribution in [2.45, 2.75) is 32.7 Å². The van der Waals surface area contributed by atoms with Crippen molar-refractivity contribution >= 4 is 11.3 Å². The smallest absolute Gasteiger partial charge is 0.172 e. The maximum absolute atomic E-state index is 12.4. The third kappa shape index (κ3) is 2.56. The molecular formula is C15H17N5O. The minimum atomic E-state index is 0.00685. The summed E-state index contributed by atoms with van der Waals surface area (Å²) in [6.45, 7) is 4.22. The zero-order valence-corrected chi connectivity index (χ0v) is 12.1. The molecule has 0 radical (unpaired) electrons. The van der Waals surface area contributed by atoms with Crippen LogP contribution in [-0.2, 0) is 6.42 Å². The third-order valence-corrected chi connectivity index (χ3v) is 3.67. The number of ketones is 1. The van der Waals surface area contributed by atoms with Gasteiger partial charge in [0.2, 0.25) is 0 Å². The Hall–Kier alpha value is -2.50. The summed E-state index contributed by atoms with van der Waals surface area (Å²) < 4.78 is 3.55. The number of carbonyl (C=O) groups is 1. The third-order valence-electron chi connectivity index (χ3n) is 3.67. The van der Waals surface area contributed by atoms with Gasteiger partial charge in [0, 0.05) is 24.6 Å². The van der Waals surface area contributed by atoms with E-state index in [-0.39, 0.29) is 12.2 Å². The first-order chi connectivity index (χ1) is 10.2. The molecule has 0 N–H and O–H groups in total. The van der Waals surface area contributed by atoms with Crippen molar-refractivity contribution in [1.82, 2.24) is 24.4 Å². The Morgan fingerprint density at radius 2 is 2.19 bits per heavy atom. The van der Waals surface area contributed by atoms with Crippen molar-refractivity contribution in [1.29, 1.82) is 0 Å². The molecule has 6 nitrogen and oxygen atoms in total. The summed E-state index contributed by atoms with van der Waals surface area (Å²) in [5.41, 5.74) is 2.09. The van der Waals surface area contributed by atoms with E-state index < -0.39 is 0 Å². The quantitative estimate of drug-likeness (QED) is 0.674. The lowest BCUT2D eigenvalue weighted by Crippen LogP contribution is -2.07. The van der Waals surface area contributed by atoms with Crippen LogP contribution in [0.15, 0.2) is 37.1 Å². The molecule has 0 saturated carbocycles. The lowest BCUT2D eigenvalue weighted by atomic mass is 10.1. The van der Waals surface area contributed by atoms with Crippen LogP contribution in [-0.4, -0.2) is 30.2 Å². The van der Waals surface area contributed by atoms with Crippen LogP contribution in [0.5, 0.6) is 0 Å². The molecule has 1 unspecified atom stereocenters. The molecule has 6 heteroatoms. The summed E-state index contributed by atoms with van der Waals surface area (Å²) in [5, 5.41) is 8.62. The van der Waals surface area contributed by atoms with E-state index in [0.717, 1.165) is 17.6 Å². The first-order valence-corrected chi connectivity index (χ1v) is 7.03. The van der Waals surface area contributed by atoms with E-state index >= 15 is 0 Å². The molecule has 0 aliphatic rings. The highest BCUT2D eigenvalue weighted by molar-refractivity contribution is 6.02. The van der Waals surface area contributed by atoms with Crippen molar-refractivity contribution in [3.8, 4) is 0 Å². The molecule has 0 aliphatic carbocycles. The lowest BCUT2D eigenvalue weighted by molar-refractivity contribution is 0.0993. The summed E-state index contributed by atoms with van der Waals surface area (Å²) in [4.78, 5) is 16.4. The molecule has 108 valence electrons. The molecule has 3 aromatic rings. The minimum absolute atomic E-state index is 0.00685. The Morgan fingerprint density at radius 1 is 1.33 bits per heavy atom. The average Bonchev–Trinajstić information content (AvgIpc) is 3.12. The standard InChI is InChI=1S/C15H17N5O/c1-3-11(2)19-6-4-12(18-19)8-15(21)13-9-17-20-7-5-16-10-14(13)20/h4-7,9-11H,3,8H2,1-2H3. The predicted molar refractivity (Wildman–Crippen MR) is 78.3 cm³/mol. The van der Waals surface area contributed by atoms with E-state index in [1.54, 1.807) is 29.3 Å². The van der Waals surface area contributed by atoms with Gasteiger partial charge in [-0.2, -0.15) is 10.2 Å². The Bertz CT molecular complexity index is 773. The van der Waals surface area contributed by atoms with Crippen molar-refractivity contribution in [2.24, 2.45) is 0 Å². The average molecular weight is 283 g/mol. The van der Waals surface area contributed by atoms with E-state index in [1.165, 1.54) is 0 Å². The molecule has 0 aliphatic heterocycles. The fourth-order valence-corrected chi connectivity index (χ4v) is 2.21. The number of carbonyl (C=O) groups excluding carboxylic acids is 1. The van der Waals surface area contributed by atoms with Gasteiger partial charge in [-0.15, -0.1) is 0 Å². The molecule has 0 bridgehead atoms. The van der Waals surface area contributed by atoms with Gasteiger partial charge in [-0.3, -0.25) is 14.5 Å². The highest BCUT2D eigenvalue weighted by Crippen LogP contribution is 2.14. The van der Waals surface area contributed by atoms with Crippen LogP contribution in [0.4, 0.5) is 0 Å². The molecule has 3 rings (SSSR count). The monoisotopic (exact) mass is 283 g/mol. The maximum Gasteiger partial charge on any atom is 0.172 e. The van der Waals surface area contributed by atoms with E-state index in [9.17, 15) is 4.79 Å². The second kappa shape index (κ2) is 5.47. The first kappa shape index (κ1) is 13.5. The SMILES string of the molecule is CCC(C)n1ccc(CC(=O)c2cnn3ccncc23)n1. The predicted octanol–water partition coefficient (Wildman–Crippen LogP) is 2.32. The summed E-state index contributed by atoms with van der Waals surface area (Å²) in [5.74, 6) is 0.00685. The Labute approximate surface area is 122 Å². The molecular weight excluding hydrogens is 266 g/mol. The second-order valence-electron chi connectivity index (χ2n) is 5.11. The normalized spacial score (nSPS) is 12.7. The van der Waals surface area contributed by atoms with Crippen molar-refractivity contribution in [2.75, 3.05) is 0 Å². The van der Waals surface area contributed by atoms with Crippen LogP contribution in [0.2, 0.25) is 0 Å². The number of fused-ring (bicyclic) bond motifs is 1. The van der Waals surface area contributed by atoms with Gasteiger partial charge in [0.15, 0.2) is 5.78 Å². The van der Waals surface area contributed by atoms with Gasteiger partial charge in [-0.1, -0.05) is 6.92 Å². The van der Waals surface area contributed by atoms with Crippen molar-refractivity contribution in [3.63, 3.8) is 0 Å². The Kier molecular flexibility index (Phi) is 3.51. The lowest BCUT2D eigenvalue weighted by Gasteiger charge is -2.07. The summed E-state index contributed by atoms with van der Waals surface area (Å²) in [7, 11) is 0. The van der Waals surface area contributed by atoms with E-state index in [4.69, 9.17) is 0 Å². The summed E-state index contributed by atoms with van der Waals surface area (Å²) in [6.07, 6.45) is 9.82.